The monoisotopic (exact) mass is 283 g/mol. The van der Waals surface area contributed by atoms with Gasteiger partial charge >= 0.3 is 0 Å². The fraction of sp³-hybridized carbons (Fsp3) is 0.235. The van der Waals surface area contributed by atoms with Crippen LogP contribution >= 0.6 is 11.8 Å². The maximum absolute atomic E-state index is 5.84. The van der Waals surface area contributed by atoms with Crippen molar-refractivity contribution in [3.05, 3.63) is 65.2 Å². The number of benzene rings is 2. The normalized spacial score (nSPS) is 14.2. The van der Waals surface area contributed by atoms with E-state index in [0.717, 1.165) is 23.1 Å². The van der Waals surface area contributed by atoms with Crippen LogP contribution in [0.15, 0.2) is 53.5 Å². The van der Waals surface area contributed by atoms with Crippen molar-refractivity contribution in [2.45, 2.75) is 13.5 Å². The van der Waals surface area contributed by atoms with Crippen LogP contribution in [-0.4, -0.2) is 17.3 Å². The molecule has 2 nitrogen and oxygen atoms in total. The molecule has 102 valence electrons. The number of thioether (sulfide) groups is 1. The molecule has 2 aromatic rings. The van der Waals surface area contributed by atoms with E-state index in [2.05, 4.69) is 36.2 Å². The standard InChI is InChI=1S/C17H17NOS/c1-13-4-2-3-5-15(13)12-19-16-8-6-14(7-9-16)17-18-10-11-20-17/h2-9H,10-12H2,1H3. The first-order valence-electron chi connectivity index (χ1n) is 6.78. The number of rotatable bonds is 4. The van der Waals surface area contributed by atoms with E-state index in [1.165, 1.54) is 16.7 Å². The second-order valence-electron chi connectivity index (χ2n) is 4.77. The number of hydrogen-bond donors (Lipinski definition) is 0. The van der Waals surface area contributed by atoms with Gasteiger partial charge in [0.05, 0.1) is 5.04 Å². The SMILES string of the molecule is Cc1ccccc1COc1ccc(C2=NCCS2)cc1. The Labute approximate surface area is 123 Å². The molecule has 1 aliphatic heterocycles. The van der Waals surface area contributed by atoms with E-state index in [1.807, 2.05) is 36.0 Å². The molecule has 0 fully saturated rings. The maximum atomic E-state index is 5.84. The molecule has 0 aromatic heterocycles. The molecule has 0 spiro atoms. The van der Waals surface area contributed by atoms with Gasteiger partial charge in [-0.15, -0.1) is 11.8 Å². The van der Waals surface area contributed by atoms with E-state index in [-0.39, 0.29) is 0 Å². The van der Waals surface area contributed by atoms with Gasteiger partial charge in [0.15, 0.2) is 0 Å². The fourth-order valence-corrected chi connectivity index (χ4v) is 3.00. The molecule has 0 bridgehead atoms. The van der Waals surface area contributed by atoms with Gasteiger partial charge in [0.25, 0.3) is 0 Å². The zero-order valence-electron chi connectivity index (χ0n) is 11.5. The van der Waals surface area contributed by atoms with Crippen LogP contribution in [0.25, 0.3) is 0 Å². The van der Waals surface area contributed by atoms with Gasteiger partial charge in [-0.3, -0.25) is 4.99 Å². The third kappa shape index (κ3) is 3.05. The van der Waals surface area contributed by atoms with Gasteiger partial charge in [-0.05, 0) is 42.3 Å². The van der Waals surface area contributed by atoms with Crippen LogP contribution in [-0.2, 0) is 6.61 Å². The van der Waals surface area contributed by atoms with Gasteiger partial charge in [0.1, 0.15) is 12.4 Å². The van der Waals surface area contributed by atoms with Crippen molar-refractivity contribution >= 4 is 16.8 Å². The minimum absolute atomic E-state index is 0.613. The summed E-state index contributed by atoms with van der Waals surface area (Å²) in [6.45, 7) is 3.66. The predicted octanol–water partition coefficient (Wildman–Crippen LogP) is 4.07. The van der Waals surface area contributed by atoms with Crippen LogP contribution in [0.4, 0.5) is 0 Å². The predicted molar refractivity (Wildman–Crippen MR) is 85.8 cm³/mol. The van der Waals surface area contributed by atoms with Gasteiger partial charge in [-0.25, -0.2) is 0 Å². The molecular formula is C17H17NOS. The molecule has 0 saturated heterocycles. The Morgan fingerprint density at radius 1 is 1.10 bits per heavy atom. The highest BCUT2D eigenvalue weighted by Gasteiger charge is 2.09. The lowest BCUT2D eigenvalue weighted by molar-refractivity contribution is 0.305. The second-order valence-corrected chi connectivity index (χ2v) is 5.86. The summed E-state index contributed by atoms with van der Waals surface area (Å²) in [6.07, 6.45) is 0. The van der Waals surface area contributed by atoms with Crippen LogP contribution < -0.4 is 4.74 Å². The summed E-state index contributed by atoms with van der Waals surface area (Å²) in [6, 6.07) is 16.5. The molecular weight excluding hydrogens is 266 g/mol. The van der Waals surface area contributed by atoms with Crippen molar-refractivity contribution in [2.75, 3.05) is 12.3 Å². The maximum Gasteiger partial charge on any atom is 0.119 e. The molecule has 0 radical (unpaired) electrons. The van der Waals surface area contributed by atoms with Crippen LogP contribution in [0.2, 0.25) is 0 Å². The van der Waals surface area contributed by atoms with Crippen molar-refractivity contribution < 1.29 is 4.74 Å². The van der Waals surface area contributed by atoms with E-state index in [4.69, 9.17) is 4.74 Å². The van der Waals surface area contributed by atoms with Gasteiger partial charge in [-0.2, -0.15) is 0 Å². The molecule has 0 aliphatic carbocycles. The largest absolute Gasteiger partial charge is 0.489 e. The molecule has 0 N–H and O–H groups in total. The van der Waals surface area contributed by atoms with Crippen molar-refractivity contribution in [3.8, 4) is 5.75 Å². The van der Waals surface area contributed by atoms with E-state index >= 15 is 0 Å². The molecule has 0 amide bonds. The summed E-state index contributed by atoms with van der Waals surface area (Å²) in [5.41, 5.74) is 3.68. The van der Waals surface area contributed by atoms with E-state index in [9.17, 15) is 0 Å². The second kappa shape index (κ2) is 6.14. The Morgan fingerprint density at radius 2 is 1.90 bits per heavy atom. The molecule has 0 saturated carbocycles. The van der Waals surface area contributed by atoms with Crippen molar-refractivity contribution in [1.29, 1.82) is 0 Å². The lowest BCUT2D eigenvalue weighted by atomic mass is 10.1. The number of hydrogen-bond acceptors (Lipinski definition) is 3. The van der Waals surface area contributed by atoms with Crippen LogP contribution in [0.1, 0.15) is 16.7 Å². The quantitative estimate of drug-likeness (QED) is 0.843. The number of ether oxygens (including phenoxy) is 1. The Kier molecular flexibility index (Phi) is 4.07. The average Bonchev–Trinajstić information content (AvgIpc) is 3.01. The van der Waals surface area contributed by atoms with Crippen LogP contribution in [0.3, 0.4) is 0 Å². The summed E-state index contributed by atoms with van der Waals surface area (Å²) in [7, 11) is 0. The lowest BCUT2D eigenvalue weighted by Crippen LogP contribution is -1.98. The van der Waals surface area contributed by atoms with E-state index in [0.29, 0.717) is 6.61 Å². The number of nitrogens with zero attached hydrogens (tertiary/aromatic N) is 1. The smallest absolute Gasteiger partial charge is 0.119 e. The summed E-state index contributed by atoms with van der Waals surface area (Å²) < 4.78 is 5.84. The molecule has 3 heteroatoms. The molecule has 1 aliphatic rings. The third-order valence-corrected chi connectivity index (χ3v) is 4.37. The first kappa shape index (κ1) is 13.3. The Morgan fingerprint density at radius 3 is 2.60 bits per heavy atom. The first-order chi connectivity index (χ1) is 9.83. The Hall–Kier alpha value is -1.74. The van der Waals surface area contributed by atoms with Crippen LogP contribution in [0.5, 0.6) is 5.75 Å². The first-order valence-corrected chi connectivity index (χ1v) is 7.76. The minimum Gasteiger partial charge on any atom is -0.489 e. The molecule has 2 aromatic carbocycles. The summed E-state index contributed by atoms with van der Waals surface area (Å²) in [5.74, 6) is 2.00. The zero-order valence-corrected chi connectivity index (χ0v) is 12.3. The lowest BCUT2D eigenvalue weighted by Gasteiger charge is -2.09. The third-order valence-electron chi connectivity index (χ3n) is 3.34. The zero-order chi connectivity index (χ0) is 13.8. The van der Waals surface area contributed by atoms with E-state index in [1.54, 1.807) is 0 Å². The molecule has 1 heterocycles. The fourth-order valence-electron chi connectivity index (χ4n) is 2.14. The molecule has 20 heavy (non-hydrogen) atoms. The van der Waals surface area contributed by atoms with Gasteiger partial charge in [0, 0.05) is 17.9 Å². The minimum atomic E-state index is 0.613. The Bertz CT molecular complexity index is 619. The summed E-state index contributed by atoms with van der Waals surface area (Å²) in [5, 5.41) is 1.15. The van der Waals surface area contributed by atoms with Crippen molar-refractivity contribution in [2.24, 2.45) is 4.99 Å². The average molecular weight is 283 g/mol. The van der Waals surface area contributed by atoms with Crippen molar-refractivity contribution in [1.82, 2.24) is 0 Å². The molecule has 3 rings (SSSR count). The van der Waals surface area contributed by atoms with Gasteiger partial charge in [0.2, 0.25) is 0 Å². The highest BCUT2D eigenvalue weighted by molar-refractivity contribution is 8.14. The van der Waals surface area contributed by atoms with E-state index < -0.39 is 0 Å². The van der Waals surface area contributed by atoms with Gasteiger partial charge in [-0.1, -0.05) is 24.3 Å². The Balaban J connectivity index is 1.65. The van der Waals surface area contributed by atoms with Crippen LogP contribution in [0, 0.1) is 6.92 Å². The molecule has 0 atom stereocenters. The number of aryl methyl sites for hydroxylation is 1. The summed E-state index contributed by atoms with van der Waals surface area (Å²) >= 11 is 1.82. The highest BCUT2D eigenvalue weighted by Crippen LogP contribution is 2.22. The van der Waals surface area contributed by atoms with Crippen molar-refractivity contribution in [3.63, 3.8) is 0 Å². The number of aliphatic imine (C=N–C) groups is 1. The topological polar surface area (TPSA) is 21.6 Å². The molecule has 0 unspecified atom stereocenters. The summed E-state index contributed by atoms with van der Waals surface area (Å²) in [4.78, 5) is 4.48. The van der Waals surface area contributed by atoms with Gasteiger partial charge < -0.3 is 4.74 Å². The highest BCUT2D eigenvalue weighted by atomic mass is 32.2.